The highest BCUT2D eigenvalue weighted by Crippen LogP contribution is 2.17. The van der Waals surface area contributed by atoms with Crippen LogP contribution in [0.1, 0.15) is 36.2 Å². The number of guanidine groups is 1. The highest BCUT2D eigenvalue weighted by Gasteiger charge is 2.20. The number of nitrogens with one attached hydrogen (secondary N) is 3. The maximum atomic E-state index is 12.2. The zero-order chi connectivity index (χ0) is 25.2. The number of unbranched alkanes of at least 4 members (excludes halogenated alkanes) is 1. The Morgan fingerprint density at radius 3 is 2.59 bits per heavy atom. The molecule has 0 aliphatic carbocycles. The number of imidazole rings is 1. The summed E-state index contributed by atoms with van der Waals surface area (Å²) < 4.78 is 5.72. The SMILES string of the molecule is Cl.Cl.NC(=NCCCCN1CCC(OCC(=O)Nc2ncc[nH]2)CC1)NC(=O)c1nc(Cl)c(N)nc1N. The standard InChI is InChI=1S/C20H30ClN11O3.2ClH/c21-15-17(23)30-16(22)14(29-15)18(34)31-19(24)25-5-1-2-8-32-9-3-12(4-10-32)35-11-13(33)28-20-26-6-7-27-20;;/h6-7,12H,1-5,8-11H2,(H4,22,23,30)(H3,24,25,31,34)(H2,26,27,28,33);2*1H. The molecule has 37 heavy (non-hydrogen) atoms. The first-order valence-electron chi connectivity index (χ1n) is 11.1. The first-order chi connectivity index (χ1) is 16.8. The van der Waals surface area contributed by atoms with Gasteiger partial charge in [-0.1, -0.05) is 11.6 Å². The molecule has 2 aromatic rings. The van der Waals surface area contributed by atoms with Gasteiger partial charge in [-0.05, 0) is 32.2 Å². The van der Waals surface area contributed by atoms with Gasteiger partial charge in [0.2, 0.25) is 5.95 Å². The van der Waals surface area contributed by atoms with Gasteiger partial charge in [0.25, 0.3) is 11.8 Å². The number of rotatable bonds is 10. The number of amides is 2. The van der Waals surface area contributed by atoms with Gasteiger partial charge < -0.3 is 31.8 Å². The van der Waals surface area contributed by atoms with Crippen LogP contribution in [0.3, 0.4) is 0 Å². The molecular weight excluding hydrogens is 549 g/mol. The van der Waals surface area contributed by atoms with Crippen LogP contribution in [0.25, 0.3) is 0 Å². The fraction of sp³-hybridized carbons (Fsp3) is 0.500. The van der Waals surface area contributed by atoms with Gasteiger partial charge in [-0.3, -0.25) is 25.2 Å². The van der Waals surface area contributed by atoms with E-state index in [1.807, 2.05) is 0 Å². The second-order valence-corrected chi connectivity index (χ2v) is 8.26. The first kappa shape index (κ1) is 32.1. The van der Waals surface area contributed by atoms with Gasteiger partial charge in [0.15, 0.2) is 28.4 Å². The fourth-order valence-corrected chi connectivity index (χ4v) is 3.59. The molecule has 1 aliphatic rings. The number of hydrogen-bond acceptors (Lipinski definition) is 10. The number of aromatic nitrogens is 4. The van der Waals surface area contributed by atoms with Gasteiger partial charge in [-0.25, -0.2) is 15.0 Å². The van der Waals surface area contributed by atoms with Crippen LogP contribution in [-0.4, -0.2) is 81.5 Å². The molecule has 9 N–H and O–H groups in total. The van der Waals surface area contributed by atoms with E-state index in [4.69, 9.17) is 33.5 Å². The van der Waals surface area contributed by atoms with Crippen LogP contribution in [-0.2, 0) is 9.53 Å². The number of halogens is 3. The molecule has 1 aliphatic heterocycles. The minimum atomic E-state index is -0.665. The summed E-state index contributed by atoms with van der Waals surface area (Å²) in [6.07, 6.45) is 6.73. The molecule has 1 fully saturated rings. The van der Waals surface area contributed by atoms with Crippen molar-refractivity contribution in [3.05, 3.63) is 23.2 Å². The molecule has 0 aromatic carbocycles. The Labute approximate surface area is 231 Å². The van der Waals surface area contributed by atoms with Crippen LogP contribution in [0, 0.1) is 0 Å². The maximum absolute atomic E-state index is 12.2. The van der Waals surface area contributed by atoms with E-state index in [2.05, 4.69) is 40.5 Å². The number of hydrogen-bond donors (Lipinski definition) is 6. The van der Waals surface area contributed by atoms with E-state index in [1.54, 1.807) is 12.4 Å². The van der Waals surface area contributed by atoms with Gasteiger partial charge in [0.1, 0.15) is 6.61 Å². The quantitative estimate of drug-likeness (QED) is 0.132. The number of piperidine rings is 1. The lowest BCUT2D eigenvalue weighted by molar-refractivity contribution is -0.123. The molecule has 2 amide bonds. The Balaban J connectivity index is 0.00000342. The molecule has 0 bridgehead atoms. The Bertz CT molecular complexity index is 1030. The van der Waals surface area contributed by atoms with E-state index in [9.17, 15) is 9.59 Å². The minimum absolute atomic E-state index is 0. The highest BCUT2D eigenvalue weighted by atomic mass is 35.5. The Morgan fingerprint density at radius 1 is 1.19 bits per heavy atom. The van der Waals surface area contributed by atoms with Crippen LogP contribution in [0.5, 0.6) is 0 Å². The lowest BCUT2D eigenvalue weighted by Gasteiger charge is -2.31. The number of likely N-dealkylation sites (tertiary alicyclic amines) is 1. The van der Waals surface area contributed by atoms with Gasteiger partial charge >= 0.3 is 0 Å². The number of carbonyl (C=O) groups excluding carboxylic acids is 2. The summed E-state index contributed by atoms with van der Waals surface area (Å²) in [6.45, 7) is 3.19. The van der Waals surface area contributed by atoms with Crippen molar-refractivity contribution in [2.24, 2.45) is 10.7 Å². The van der Waals surface area contributed by atoms with E-state index < -0.39 is 5.91 Å². The van der Waals surface area contributed by atoms with Gasteiger partial charge in [0.05, 0.1) is 6.10 Å². The van der Waals surface area contributed by atoms with E-state index >= 15 is 0 Å². The van der Waals surface area contributed by atoms with Crippen molar-refractivity contribution < 1.29 is 14.3 Å². The van der Waals surface area contributed by atoms with Crippen molar-refractivity contribution in [3.8, 4) is 0 Å². The smallest absolute Gasteiger partial charge is 0.280 e. The number of aliphatic imine (C=N–C) groups is 1. The molecule has 3 heterocycles. The maximum Gasteiger partial charge on any atom is 0.280 e. The van der Waals surface area contributed by atoms with Crippen molar-refractivity contribution in [3.63, 3.8) is 0 Å². The Kier molecular flexibility index (Phi) is 13.9. The van der Waals surface area contributed by atoms with Crippen LogP contribution in [0.2, 0.25) is 5.15 Å². The van der Waals surface area contributed by atoms with Crippen LogP contribution in [0.4, 0.5) is 17.6 Å². The minimum Gasteiger partial charge on any atom is -0.382 e. The molecule has 2 aromatic heterocycles. The number of ether oxygens (including phenoxy) is 1. The number of aromatic amines is 1. The summed E-state index contributed by atoms with van der Waals surface area (Å²) in [6, 6.07) is 0. The summed E-state index contributed by atoms with van der Waals surface area (Å²) in [7, 11) is 0. The van der Waals surface area contributed by atoms with Gasteiger partial charge in [-0.15, -0.1) is 24.8 Å². The predicted octanol–water partition coefficient (Wildman–Crippen LogP) is 0.806. The van der Waals surface area contributed by atoms with Gasteiger partial charge in [-0.2, -0.15) is 0 Å². The number of anilines is 3. The molecule has 206 valence electrons. The van der Waals surface area contributed by atoms with Crippen molar-refractivity contribution in [1.29, 1.82) is 0 Å². The van der Waals surface area contributed by atoms with Crippen molar-refractivity contribution in [1.82, 2.24) is 30.2 Å². The average Bonchev–Trinajstić information content (AvgIpc) is 3.33. The monoisotopic (exact) mass is 579 g/mol. The number of H-pyrrole nitrogens is 1. The predicted molar refractivity (Wildman–Crippen MR) is 146 cm³/mol. The molecule has 0 unspecified atom stereocenters. The highest BCUT2D eigenvalue weighted by molar-refractivity contribution is 6.31. The van der Waals surface area contributed by atoms with E-state index in [-0.39, 0.29) is 71.9 Å². The molecular formula is C20H32Cl3N11O3. The zero-order valence-electron chi connectivity index (χ0n) is 20.0. The summed E-state index contributed by atoms with van der Waals surface area (Å²) >= 11 is 5.78. The summed E-state index contributed by atoms with van der Waals surface area (Å²) in [5.41, 5.74) is 16.7. The van der Waals surface area contributed by atoms with Crippen molar-refractivity contribution >= 4 is 71.8 Å². The molecule has 0 atom stereocenters. The number of nitrogens with two attached hydrogens (primary N) is 3. The van der Waals surface area contributed by atoms with Gasteiger partial charge in [0, 0.05) is 32.0 Å². The second-order valence-electron chi connectivity index (χ2n) is 7.90. The normalized spacial score (nSPS) is 14.4. The number of nitrogens with zero attached hydrogens (tertiary/aromatic N) is 5. The van der Waals surface area contributed by atoms with Crippen molar-refractivity contribution in [2.45, 2.75) is 31.8 Å². The van der Waals surface area contributed by atoms with Crippen LogP contribution in [0.15, 0.2) is 17.4 Å². The van der Waals surface area contributed by atoms with E-state index in [1.165, 1.54) is 0 Å². The topological polar surface area (TPSA) is 216 Å². The van der Waals surface area contributed by atoms with Crippen LogP contribution >= 0.6 is 36.4 Å². The lowest BCUT2D eigenvalue weighted by atomic mass is 10.1. The Hall–Kier alpha value is -2.91. The second kappa shape index (κ2) is 16.0. The van der Waals surface area contributed by atoms with Crippen LogP contribution < -0.4 is 27.8 Å². The molecule has 14 nitrogen and oxygen atoms in total. The summed E-state index contributed by atoms with van der Waals surface area (Å²) in [5.74, 6) is -0.740. The Morgan fingerprint density at radius 2 is 1.92 bits per heavy atom. The molecule has 0 radical (unpaired) electrons. The summed E-state index contributed by atoms with van der Waals surface area (Å²) in [5, 5.41) is 4.93. The third-order valence-electron chi connectivity index (χ3n) is 5.27. The lowest BCUT2D eigenvalue weighted by Crippen LogP contribution is -2.38. The number of carbonyl (C=O) groups is 2. The summed E-state index contributed by atoms with van der Waals surface area (Å²) in [4.78, 5) is 44.9. The molecule has 0 spiro atoms. The number of nitrogen functional groups attached to an aromatic ring is 2. The molecule has 3 rings (SSSR count). The third-order valence-corrected chi connectivity index (χ3v) is 5.55. The van der Waals surface area contributed by atoms with E-state index in [0.29, 0.717) is 12.5 Å². The zero-order valence-corrected chi connectivity index (χ0v) is 22.4. The average molecular weight is 581 g/mol. The third kappa shape index (κ3) is 10.5. The molecule has 0 saturated carbocycles. The van der Waals surface area contributed by atoms with E-state index in [0.717, 1.165) is 45.3 Å². The largest absolute Gasteiger partial charge is 0.382 e. The first-order valence-corrected chi connectivity index (χ1v) is 11.5. The van der Waals surface area contributed by atoms with Crippen molar-refractivity contribution in [2.75, 3.05) is 49.6 Å². The molecule has 17 heteroatoms. The fourth-order valence-electron chi connectivity index (χ4n) is 3.47. The molecule has 1 saturated heterocycles.